The van der Waals surface area contributed by atoms with Gasteiger partial charge in [-0.1, -0.05) is 19.1 Å². The van der Waals surface area contributed by atoms with Crippen molar-refractivity contribution in [2.75, 3.05) is 6.61 Å². The van der Waals surface area contributed by atoms with Gasteiger partial charge >= 0.3 is 5.97 Å². The molecule has 1 aromatic heterocycles. The molecule has 0 unspecified atom stereocenters. The van der Waals surface area contributed by atoms with Gasteiger partial charge in [0.25, 0.3) is 0 Å². The first-order valence-corrected chi connectivity index (χ1v) is 8.48. The Balaban J connectivity index is 1.69. The Morgan fingerprint density at radius 1 is 1.24 bits per heavy atom. The molecule has 1 aromatic carbocycles. The Hall–Kier alpha value is -2.43. The average Bonchev–Trinajstić information content (AvgIpc) is 3.25. The number of aromatic nitrogens is 1. The van der Waals surface area contributed by atoms with Crippen molar-refractivity contribution in [2.24, 2.45) is 11.8 Å². The molecule has 25 heavy (non-hydrogen) atoms. The highest BCUT2D eigenvalue weighted by Gasteiger charge is 2.40. The van der Waals surface area contributed by atoms with Crippen LogP contribution in [0.15, 0.2) is 30.3 Å². The number of ether oxygens (including phenoxy) is 1. The molecule has 0 aliphatic heterocycles. The average molecular weight is 343 g/mol. The molecule has 1 aliphatic carbocycles. The highest BCUT2D eigenvalue weighted by Crippen LogP contribution is 2.38. The highest BCUT2D eigenvalue weighted by atomic mass is 19.1. The third-order valence-electron chi connectivity index (χ3n) is 4.89. The van der Waals surface area contributed by atoms with Crippen LogP contribution in [0.2, 0.25) is 0 Å². The highest BCUT2D eigenvalue weighted by molar-refractivity contribution is 5.99. The summed E-state index contributed by atoms with van der Waals surface area (Å²) in [7, 11) is 0. The number of halogens is 1. The minimum absolute atomic E-state index is 0.0429. The van der Waals surface area contributed by atoms with E-state index in [2.05, 4.69) is 0 Å². The van der Waals surface area contributed by atoms with Crippen molar-refractivity contribution in [1.82, 2.24) is 4.57 Å². The zero-order valence-electron chi connectivity index (χ0n) is 14.7. The first-order chi connectivity index (χ1) is 11.9. The van der Waals surface area contributed by atoms with Gasteiger partial charge in [0.05, 0.1) is 5.92 Å². The topological polar surface area (TPSA) is 48.3 Å². The molecule has 1 fully saturated rings. The summed E-state index contributed by atoms with van der Waals surface area (Å²) in [6.07, 6.45) is 0.846. The number of esters is 1. The monoisotopic (exact) mass is 343 g/mol. The van der Waals surface area contributed by atoms with Crippen molar-refractivity contribution < 1.29 is 18.7 Å². The largest absolute Gasteiger partial charge is 0.457 e. The number of rotatable bonds is 6. The summed E-state index contributed by atoms with van der Waals surface area (Å²) in [5.41, 5.74) is 3.28. The van der Waals surface area contributed by atoms with E-state index in [9.17, 15) is 14.0 Å². The minimum Gasteiger partial charge on any atom is -0.457 e. The first-order valence-electron chi connectivity index (χ1n) is 8.48. The predicted molar refractivity (Wildman–Crippen MR) is 92.0 cm³/mol. The van der Waals surface area contributed by atoms with Crippen LogP contribution in [-0.2, 0) is 16.1 Å². The van der Waals surface area contributed by atoms with Crippen LogP contribution < -0.4 is 0 Å². The van der Waals surface area contributed by atoms with E-state index in [0.717, 1.165) is 23.4 Å². The number of benzene rings is 1. The molecule has 0 saturated heterocycles. The normalized spacial score (nSPS) is 18.9. The van der Waals surface area contributed by atoms with Crippen molar-refractivity contribution in [3.05, 3.63) is 58.7 Å². The van der Waals surface area contributed by atoms with E-state index in [4.69, 9.17) is 4.74 Å². The van der Waals surface area contributed by atoms with Crippen LogP contribution >= 0.6 is 0 Å². The van der Waals surface area contributed by atoms with E-state index in [0.29, 0.717) is 18.0 Å². The van der Waals surface area contributed by atoms with Crippen LogP contribution in [0.5, 0.6) is 0 Å². The van der Waals surface area contributed by atoms with Crippen molar-refractivity contribution >= 4 is 11.8 Å². The molecule has 1 aliphatic rings. The quantitative estimate of drug-likeness (QED) is 0.594. The van der Waals surface area contributed by atoms with Gasteiger partial charge in [0.15, 0.2) is 6.61 Å². The lowest BCUT2D eigenvalue weighted by atomic mass is 10.1. The van der Waals surface area contributed by atoms with E-state index in [1.54, 1.807) is 12.1 Å². The summed E-state index contributed by atoms with van der Waals surface area (Å²) in [5, 5.41) is 0. The Morgan fingerprint density at radius 3 is 2.48 bits per heavy atom. The SMILES string of the molecule is Cc1cc(C(=O)COC(=O)[C@H]2C[C@@H]2C)c(C)n1Cc1ccc(F)cc1. The molecule has 3 rings (SSSR count). The van der Waals surface area contributed by atoms with Crippen molar-refractivity contribution in [2.45, 2.75) is 33.7 Å². The van der Waals surface area contributed by atoms with E-state index >= 15 is 0 Å². The summed E-state index contributed by atoms with van der Waals surface area (Å²) in [6, 6.07) is 8.12. The summed E-state index contributed by atoms with van der Waals surface area (Å²) < 4.78 is 20.2. The molecule has 0 N–H and O–H groups in total. The standard InChI is InChI=1S/C20H22FNO3/c1-12-8-17(12)20(24)25-11-19(23)18-9-13(2)22(14(18)3)10-15-4-6-16(21)7-5-15/h4-7,9,12,17H,8,10-11H2,1-3H3/t12-,17-/m0/s1. The molecule has 2 atom stereocenters. The second-order valence-electron chi connectivity index (χ2n) is 6.85. The first kappa shape index (κ1) is 17.4. The molecular formula is C20H22FNO3. The summed E-state index contributed by atoms with van der Waals surface area (Å²) in [5.74, 6) is -0.421. The second kappa shape index (κ2) is 6.82. The number of carbonyl (C=O) groups excluding carboxylic acids is 2. The number of carbonyl (C=O) groups is 2. The molecule has 0 spiro atoms. The Labute approximate surface area is 146 Å². The molecular weight excluding hydrogens is 321 g/mol. The summed E-state index contributed by atoms with van der Waals surface area (Å²) in [6.45, 7) is 6.13. The molecule has 132 valence electrons. The van der Waals surface area contributed by atoms with Crippen molar-refractivity contribution in [3.63, 3.8) is 0 Å². The molecule has 4 nitrogen and oxygen atoms in total. The molecule has 1 saturated carbocycles. The fourth-order valence-electron chi connectivity index (χ4n) is 3.07. The lowest BCUT2D eigenvalue weighted by Crippen LogP contribution is -2.16. The number of hydrogen-bond acceptors (Lipinski definition) is 3. The van der Waals surface area contributed by atoms with Crippen molar-refractivity contribution in [3.8, 4) is 0 Å². The maximum Gasteiger partial charge on any atom is 0.309 e. The Morgan fingerprint density at radius 2 is 1.88 bits per heavy atom. The van der Waals surface area contributed by atoms with Gasteiger partial charge in [0, 0.05) is 23.5 Å². The Bertz CT molecular complexity index is 807. The lowest BCUT2D eigenvalue weighted by molar-refractivity contribution is -0.144. The van der Waals surface area contributed by atoms with Gasteiger partial charge in [0.2, 0.25) is 5.78 Å². The van der Waals surface area contributed by atoms with E-state index in [1.165, 1.54) is 12.1 Å². The number of Topliss-reactive ketones (excluding diaryl/α,β-unsaturated/α-hetero) is 1. The maximum absolute atomic E-state index is 13.0. The third kappa shape index (κ3) is 3.81. The number of aryl methyl sites for hydroxylation is 1. The van der Waals surface area contributed by atoms with Gasteiger partial charge in [-0.3, -0.25) is 9.59 Å². The number of hydrogen-bond donors (Lipinski definition) is 0. The lowest BCUT2D eigenvalue weighted by Gasteiger charge is -2.10. The van der Waals surface area contributed by atoms with Gasteiger partial charge < -0.3 is 9.30 Å². The maximum atomic E-state index is 13.0. The molecule has 2 aromatic rings. The van der Waals surface area contributed by atoms with Crippen LogP contribution in [0.3, 0.4) is 0 Å². The van der Waals surface area contributed by atoms with Crippen LogP contribution in [-0.4, -0.2) is 22.9 Å². The molecule has 0 bridgehead atoms. The van der Waals surface area contributed by atoms with Crippen LogP contribution in [0.4, 0.5) is 4.39 Å². The molecule has 5 heteroatoms. The summed E-state index contributed by atoms with van der Waals surface area (Å²) >= 11 is 0. The van der Waals surface area contributed by atoms with Gasteiger partial charge in [0.1, 0.15) is 5.82 Å². The third-order valence-corrected chi connectivity index (χ3v) is 4.89. The fraction of sp³-hybridized carbons (Fsp3) is 0.400. The Kier molecular flexibility index (Phi) is 4.75. The number of ketones is 1. The zero-order chi connectivity index (χ0) is 18.1. The molecule has 1 heterocycles. The number of nitrogens with zero attached hydrogens (tertiary/aromatic N) is 1. The fourth-order valence-corrected chi connectivity index (χ4v) is 3.07. The van der Waals surface area contributed by atoms with E-state index in [-0.39, 0.29) is 30.1 Å². The van der Waals surface area contributed by atoms with E-state index < -0.39 is 0 Å². The molecule has 0 radical (unpaired) electrons. The zero-order valence-corrected chi connectivity index (χ0v) is 14.7. The second-order valence-corrected chi connectivity index (χ2v) is 6.85. The van der Waals surface area contributed by atoms with Gasteiger partial charge in [-0.25, -0.2) is 4.39 Å². The van der Waals surface area contributed by atoms with Crippen molar-refractivity contribution in [1.29, 1.82) is 0 Å². The van der Waals surface area contributed by atoms with Gasteiger partial charge in [-0.15, -0.1) is 0 Å². The minimum atomic E-state index is -0.277. The smallest absolute Gasteiger partial charge is 0.309 e. The van der Waals surface area contributed by atoms with E-state index in [1.807, 2.05) is 31.4 Å². The summed E-state index contributed by atoms with van der Waals surface area (Å²) in [4.78, 5) is 24.2. The van der Waals surface area contributed by atoms with Crippen LogP contribution in [0, 0.1) is 31.5 Å². The predicted octanol–water partition coefficient (Wildman–Crippen LogP) is 3.67. The van der Waals surface area contributed by atoms with Gasteiger partial charge in [-0.05, 0) is 49.9 Å². The van der Waals surface area contributed by atoms with Gasteiger partial charge in [-0.2, -0.15) is 0 Å². The molecule has 0 amide bonds. The van der Waals surface area contributed by atoms with Crippen LogP contribution in [0.1, 0.15) is 40.7 Å². The van der Waals surface area contributed by atoms with Crippen LogP contribution in [0.25, 0.3) is 0 Å².